The summed E-state index contributed by atoms with van der Waals surface area (Å²) in [7, 11) is 1.88. The van der Waals surface area contributed by atoms with Gasteiger partial charge in [0.1, 0.15) is 12.4 Å². The molecule has 2 aromatic rings. The molecule has 1 fully saturated rings. The number of hydrogen-bond acceptors (Lipinski definition) is 4. The average molecular weight is 329 g/mol. The SMILES string of the molecule is Cn1cc(CCNC(=O)c2ccc(OC[C@@H]3CCCO3)cc2)cn1. The molecule has 3 rings (SSSR count). The number of nitrogens with zero attached hydrogens (tertiary/aromatic N) is 2. The van der Waals surface area contributed by atoms with E-state index in [1.165, 1.54) is 0 Å². The fourth-order valence-electron chi connectivity index (χ4n) is 2.69. The minimum atomic E-state index is -0.0791. The summed E-state index contributed by atoms with van der Waals surface area (Å²) >= 11 is 0. The van der Waals surface area contributed by atoms with Crippen molar-refractivity contribution in [2.24, 2.45) is 7.05 Å². The molecule has 1 aliphatic heterocycles. The van der Waals surface area contributed by atoms with E-state index in [0.717, 1.165) is 37.2 Å². The Balaban J connectivity index is 1.42. The monoisotopic (exact) mass is 329 g/mol. The van der Waals surface area contributed by atoms with Crippen LogP contribution < -0.4 is 10.1 Å². The van der Waals surface area contributed by atoms with Gasteiger partial charge in [-0.1, -0.05) is 0 Å². The van der Waals surface area contributed by atoms with Crippen molar-refractivity contribution in [1.29, 1.82) is 0 Å². The molecule has 0 radical (unpaired) electrons. The predicted octanol–water partition coefficient (Wildman–Crippen LogP) is 1.95. The van der Waals surface area contributed by atoms with Gasteiger partial charge < -0.3 is 14.8 Å². The molecule has 1 atom stereocenters. The highest BCUT2D eigenvalue weighted by molar-refractivity contribution is 5.94. The number of aromatic nitrogens is 2. The first kappa shape index (κ1) is 16.5. The van der Waals surface area contributed by atoms with Gasteiger partial charge in [0.15, 0.2) is 0 Å². The predicted molar refractivity (Wildman–Crippen MR) is 90.2 cm³/mol. The Labute approximate surface area is 141 Å². The van der Waals surface area contributed by atoms with Crippen LogP contribution in [0.15, 0.2) is 36.7 Å². The smallest absolute Gasteiger partial charge is 0.251 e. The zero-order valence-electron chi connectivity index (χ0n) is 13.9. The lowest BCUT2D eigenvalue weighted by Gasteiger charge is -2.11. The number of hydrogen-bond donors (Lipinski definition) is 1. The van der Waals surface area contributed by atoms with Crippen LogP contribution in [0.3, 0.4) is 0 Å². The number of rotatable bonds is 7. The summed E-state index contributed by atoms with van der Waals surface area (Å²) in [6.45, 7) is 1.98. The lowest BCUT2D eigenvalue weighted by atomic mass is 10.2. The summed E-state index contributed by atoms with van der Waals surface area (Å²) in [5.74, 6) is 0.682. The van der Waals surface area contributed by atoms with Gasteiger partial charge in [-0.3, -0.25) is 9.48 Å². The average Bonchev–Trinajstić information content (AvgIpc) is 3.25. The minimum Gasteiger partial charge on any atom is -0.491 e. The highest BCUT2D eigenvalue weighted by Crippen LogP contribution is 2.16. The van der Waals surface area contributed by atoms with Crippen LogP contribution in [-0.2, 0) is 18.2 Å². The molecule has 2 heterocycles. The van der Waals surface area contributed by atoms with E-state index in [2.05, 4.69) is 10.4 Å². The van der Waals surface area contributed by atoms with Crippen molar-refractivity contribution in [3.8, 4) is 5.75 Å². The van der Waals surface area contributed by atoms with E-state index >= 15 is 0 Å². The number of benzene rings is 1. The van der Waals surface area contributed by atoms with Gasteiger partial charge in [-0.15, -0.1) is 0 Å². The number of nitrogens with one attached hydrogen (secondary N) is 1. The van der Waals surface area contributed by atoms with Crippen molar-refractivity contribution in [1.82, 2.24) is 15.1 Å². The second kappa shape index (κ2) is 7.97. The molecule has 1 amide bonds. The third-order valence-electron chi connectivity index (χ3n) is 4.03. The van der Waals surface area contributed by atoms with E-state index in [0.29, 0.717) is 18.7 Å². The summed E-state index contributed by atoms with van der Waals surface area (Å²) in [5, 5.41) is 7.03. The fourth-order valence-corrected chi connectivity index (χ4v) is 2.69. The molecule has 1 aromatic carbocycles. The largest absolute Gasteiger partial charge is 0.491 e. The molecule has 0 saturated carbocycles. The molecular formula is C18H23N3O3. The lowest BCUT2D eigenvalue weighted by molar-refractivity contribution is 0.0679. The van der Waals surface area contributed by atoms with Gasteiger partial charge in [-0.05, 0) is 49.1 Å². The number of aryl methyl sites for hydroxylation is 1. The van der Waals surface area contributed by atoms with Crippen LogP contribution in [0.5, 0.6) is 5.75 Å². The van der Waals surface area contributed by atoms with Crippen LogP contribution in [-0.4, -0.2) is 41.6 Å². The Hall–Kier alpha value is -2.34. The van der Waals surface area contributed by atoms with Crippen molar-refractivity contribution in [2.45, 2.75) is 25.4 Å². The van der Waals surface area contributed by atoms with Gasteiger partial charge in [0.25, 0.3) is 5.91 Å². The summed E-state index contributed by atoms with van der Waals surface area (Å²) in [5.41, 5.74) is 1.74. The number of amides is 1. The molecule has 1 aliphatic rings. The summed E-state index contributed by atoms with van der Waals surface area (Å²) < 4.78 is 13.0. The zero-order chi connectivity index (χ0) is 16.8. The molecule has 1 saturated heterocycles. The highest BCUT2D eigenvalue weighted by atomic mass is 16.5. The van der Waals surface area contributed by atoms with Crippen molar-refractivity contribution in [3.63, 3.8) is 0 Å². The van der Waals surface area contributed by atoms with Crippen LogP contribution in [0.1, 0.15) is 28.8 Å². The first-order valence-electron chi connectivity index (χ1n) is 8.31. The quantitative estimate of drug-likeness (QED) is 0.843. The molecule has 0 spiro atoms. The summed E-state index contributed by atoms with van der Waals surface area (Å²) in [6, 6.07) is 7.21. The van der Waals surface area contributed by atoms with E-state index in [-0.39, 0.29) is 12.0 Å². The van der Waals surface area contributed by atoms with Crippen molar-refractivity contribution in [2.75, 3.05) is 19.8 Å². The maximum absolute atomic E-state index is 12.1. The van der Waals surface area contributed by atoms with Crippen molar-refractivity contribution < 1.29 is 14.3 Å². The zero-order valence-corrected chi connectivity index (χ0v) is 13.9. The Bertz CT molecular complexity index is 660. The van der Waals surface area contributed by atoms with Gasteiger partial charge in [0.05, 0.1) is 12.3 Å². The van der Waals surface area contributed by atoms with Crippen LogP contribution in [0.4, 0.5) is 0 Å². The molecular weight excluding hydrogens is 306 g/mol. The molecule has 0 unspecified atom stereocenters. The second-order valence-electron chi connectivity index (χ2n) is 6.00. The number of ether oxygens (including phenoxy) is 2. The van der Waals surface area contributed by atoms with E-state index < -0.39 is 0 Å². The van der Waals surface area contributed by atoms with Gasteiger partial charge in [-0.2, -0.15) is 5.10 Å². The topological polar surface area (TPSA) is 65.4 Å². The maximum Gasteiger partial charge on any atom is 0.251 e. The standard InChI is InChI=1S/C18H23N3O3/c1-21-12-14(11-20-21)8-9-19-18(22)15-4-6-16(7-5-15)24-13-17-3-2-10-23-17/h4-7,11-12,17H,2-3,8-10,13H2,1H3,(H,19,22)/t17-/m0/s1. The van der Waals surface area contributed by atoms with E-state index in [4.69, 9.17) is 9.47 Å². The Morgan fingerprint density at radius 3 is 2.92 bits per heavy atom. The van der Waals surface area contributed by atoms with Crippen LogP contribution >= 0.6 is 0 Å². The van der Waals surface area contributed by atoms with Crippen LogP contribution in [0.25, 0.3) is 0 Å². The molecule has 24 heavy (non-hydrogen) atoms. The fraction of sp³-hybridized carbons (Fsp3) is 0.444. The molecule has 1 aromatic heterocycles. The van der Waals surface area contributed by atoms with Crippen LogP contribution in [0, 0.1) is 0 Å². The van der Waals surface area contributed by atoms with E-state index in [1.54, 1.807) is 16.8 Å². The normalized spacial score (nSPS) is 17.0. The van der Waals surface area contributed by atoms with Crippen molar-refractivity contribution in [3.05, 3.63) is 47.8 Å². The Morgan fingerprint density at radius 1 is 1.42 bits per heavy atom. The summed E-state index contributed by atoms with van der Waals surface area (Å²) in [6.07, 6.45) is 6.88. The lowest BCUT2D eigenvalue weighted by Crippen LogP contribution is -2.25. The first-order valence-corrected chi connectivity index (χ1v) is 8.31. The molecule has 6 nitrogen and oxygen atoms in total. The number of carbonyl (C=O) groups excluding carboxylic acids is 1. The third-order valence-corrected chi connectivity index (χ3v) is 4.03. The maximum atomic E-state index is 12.1. The van der Waals surface area contributed by atoms with Gasteiger partial charge in [-0.25, -0.2) is 0 Å². The number of carbonyl (C=O) groups is 1. The van der Waals surface area contributed by atoms with Gasteiger partial charge in [0.2, 0.25) is 0 Å². The molecule has 0 aliphatic carbocycles. The molecule has 0 bridgehead atoms. The van der Waals surface area contributed by atoms with E-state index in [1.807, 2.05) is 31.6 Å². The first-order chi connectivity index (χ1) is 11.7. The van der Waals surface area contributed by atoms with Crippen LogP contribution in [0.2, 0.25) is 0 Å². The molecule has 128 valence electrons. The van der Waals surface area contributed by atoms with Gasteiger partial charge >= 0.3 is 0 Å². The third kappa shape index (κ3) is 4.58. The second-order valence-corrected chi connectivity index (χ2v) is 6.00. The van der Waals surface area contributed by atoms with Crippen molar-refractivity contribution >= 4 is 5.91 Å². The minimum absolute atomic E-state index is 0.0791. The molecule has 1 N–H and O–H groups in total. The summed E-state index contributed by atoms with van der Waals surface area (Å²) in [4.78, 5) is 12.1. The highest BCUT2D eigenvalue weighted by Gasteiger charge is 2.16. The molecule has 6 heteroatoms. The Morgan fingerprint density at radius 2 is 2.25 bits per heavy atom. The Kier molecular flexibility index (Phi) is 5.48. The van der Waals surface area contributed by atoms with Gasteiger partial charge in [0, 0.05) is 32.0 Å². The van der Waals surface area contributed by atoms with E-state index in [9.17, 15) is 4.79 Å².